The van der Waals surface area contributed by atoms with Crippen molar-refractivity contribution in [1.82, 2.24) is 24.7 Å². The Kier molecular flexibility index (Phi) is 3.37. The van der Waals surface area contributed by atoms with Crippen molar-refractivity contribution in [2.45, 2.75) is 24.0 Å². The fourth-order valence-corrected chi connectivity index (χ4v) is 2.65. The molecule has 2 heterocycles. The van der Waals surface area contributed by atoms with Crippen LogP contribution in [0.25, 0.3) is 0 Å². The number of aromatic nitrogens is 5. The summed E-state index contributed by atoms with van der Waals surface area (Å²) < 4.78 is 1.29. The lowest BCUT2D eigenvalue weighted by Gasteiger charge is -2.10. The Labute approximate surface area is 122 Å². The van der Waals surface area contributed by atoms with Crippen molar-refractivity contribution < 1.29 is 4.79 Å². The number of H-pyrrole nitrogens is 2. The van der Waals surface area contributed by atoms with E-state index in [1.54, 1.807) is 0 Å². The SMILES string of the molecule is Nc1c(C(=O)CSc2ncn[nH]2)c(=O)[nH]c(=O)n1C1CC1. The topological polar surface area (TPSA) is 140 Å². The molecule has 4 N–H and O–H groups in total. The van der Waals surface area contributed by atoms with Gasteiger partial charge in [-0.3, -0.25) is 24.2 Å². The molecule has 2 aromatic rings. The van der Waals surface area contributed by atoms with Gasteiger partial charge in [-0.1, -0.05) is 11.8 Å². The second-order valence-electron chi connectivity index (χ2n) is 4.62. The van der Waals surface area contributed by atoms with Gasteiger partial charge in [-0.2, -0.15) is 5.10 Å². The van der Waals surface area contributed by atoms with Gasteiger partial charge < -0.3 is 5.73 Å². The Hall–Kier alpha value is -2.36. The number of aromatic amines is 2. The molecule has 0 amide bonds. The first kappa shape index (κ1) is 13.6. The number of thioether (sulfide) groups is 1. The highest BCUT2D eigenvalue weighted by molar-refractivity contribution is 7.99. The molecule has 9 nitrogen and oxygen atoms in total. The van der Waals surface area contributed by atoms with Crippen LogP contribution < -0.4 is 17.0 Å². The summed E-state index contributed by atoms with van der Waals surface area (Å²) in [5.41, 5.74) is 4.36. The second kappa shape index (κ2) is 5.20. The molecule has 2 aromatic heterocycles. The van der Waals surface area contributed by atoms with Gasteiger partial charge in [0.15, 0.2) is 10.9 Å². The summed E-state index contributed by atoms with van der Waals surface area (Å²) in [6, 6.07) is -0.0252. The first-order valence-corrected chi connectivity index (χ1v) is 7.22. The highest BCUT2D eigenvalue weighted by atomic mass is 32.2. The molecule has 0 radical (unpaired) electrons. The number of nitrogens with zero attached hydrogens (tertiary/aromatic N) is 3. The van der Waals surface area contributed by atoms with Gasteiger partial charge in [-0.05, 0) is 12.8 Å². The summed E-state index contributed by atoms with van der Waals surface area (Å²) >= 11 is 1.11. The van der Waals surface area contributed by atoms with E-state index in [1.807, 2.05) is 0 Å². The lowest BCUT2D eigenvalue weighted by molar-refractivity contribution is 0.102. The normalized spacial score (nSPS) is 14.3. The number of hydrogen-bond acceptors (Lipinski definition) is 7. The number of ketones is 1. The number of carbonyl (C=O) groups is 1. The molecule has 0 bridgehead atoms. The molecule has 21 heavy (non-hydrogen) atoms. The molecule has 110 valence electrons. The van der Waals surface area contributed by atoms with Crippen LogP contribution in [0, 0.1) is 0 Å². The predicted octanol–water partition coefficient (Wildman–Crippen LogP) is -0.453. The van der Waals surface area contributed by atoms with E-state index in [9.17, 15) is 14.4 Å². The van der Waals surface area contributed by atoms with Crippen LogP contribution >= 0.6 is 11.8 Å². The molecule has 0 unspecified atom stereocenters. The van der Waals surface area contributed by atoms with Gasteiger partial charge in [0.2, 0.25) is 0 Å². The molecule has 3 rings (SSSR count). The lowest BCUT2D eigenvalue weighted by atomic mass is 10.2. The molecule has 1 saturated carbocycles. The van der Waals surface area contributed by atoms with Crippen LogP contribution in [-0.4, -0.2) is 36.3 Å². The summed E-state index contributed by atoms with van der Waals surface area (Å²) in [6.07, 6.45) is 2.95. The first-order valence-electron chi connectivity index (χ1n) is 6.23. The van der Waals surface area contributed by atoms with Crippen LogP contribution in [0.3, 0.4) is 0 Å². The Morgan fingerprint density at radius 1 is 1.48 bits per heavy atom. The van der Waals surface area contributed by atoms with E-state index in [1.165, 1.54) is 10.9 Å². The smallest absolute Gasteiger partial charge is 0.330 e. The van der Waals surface area contributed by atoms with Crippen LogP contribution in [0.1, 0.15) is 29.2 Å². The molecule has 0 aliphatic heterocycles. The van der Waals surface area contributed by atoms with E-state index in [4.69, 9.17) is 5.73 Å². The van der Waals surface area contributed by atoms with Crippen LogP contribution in [0.2, 0.25) is 0 Å². The molecule has 0 saturated heterocycles. The Morgan fingerprint density at radius 3 is 2.86 bits per heavy atom. The maximum absolute atomic E-state index is 12.2. The minimum Gasteiger partial charge on any atom is -0.384 e. The second-order valence-corrected chi connectivity index (χ2v) is 5.59. The maximum Gasteiger partial charge on any atom is 0.330 e. The van der Waals surface area contributed by atoms with E-state index in [2.05, 4.69) is 20.2 Å². The summed E-state index contributed by atoms with van der Waals surface area (Å²) in [5, 5.41) is 6.72. The number of Topliss-reactive ketones (excluding diaryl/α,β-unsaturated/α-hetero) is 1. The summed E-state index contributed by atoms with van der Waals surface area (Å²) in [5.74, 6) is -0.537. The van der Waals surface area contributed by atoms with E-state index in [0.29, 0.717) is 5.16 Å². The fourth-order valence-electron chi connectivity index (χ4n) is 2.00. The van der Waals surface area contributed by atoms with Gasteiger partial charge in [-0.25, -0.2) is 9.78 Å². The highest BCUT2D eigenvalue weighted by Crippen LogP contribution is 2.35. The van der Waals surface area contributed by atoms with Gasteiger partial charge in [-0.15, -0.1) is 0 Å². The predicted molar refractivity (Wildman–Crippen MR) is 75.4 cm³/mol. The van der Waals surface area contributed by atoms with Crippen molar-refractivity contribution in [2.75, 3.05) is 11.5 Å². The number of carbonyl (C=O) groups excluding carboxylic acids is 1. The highest BCUT2D eigenvalue weighted by Gasteiger charge is 2.29. The number of nitrogens with one attached hydrogen (secondary N) is 2. The Bertz CT molecular complexity index is 789. The van der Waals surface area contributed by atoms with Crippen LogP contribution in [0.15, 0.2) is 21.1 Å². The standard InChI is InChI=1S/C11H12N6O3S/c12-8-7(6(18)3-21-10-13-4-14-16-10)9(19)15-11(20)17(8)5-1-2-5/h4-5H,1-3,12H2,(H,13,14,16)(H,15,19,20). The van der Waals surface area contributed by atoms with Crippen molar-refractivity contribution in [3.8, 4) is 0 Å². The molecule has 0 atom stereocenters. The third-order valence-electron chi connectivity index (χ3n) is 3.11. The van der Waals surface area contributed by atoms with E-state index >= 15 is 0 Å². The van der Waals surface area contributed by atoms with Gasteiger partial charge in [0.25, 0.3) is 5.56 Å². The number of rotatable bonds is 5. The minimum absolute atomic E-state index is 0.0225. The van der Waals surface area contributed by atoms with Crippen molar-refractivity contribution >= 4 is 23.4 Å². The summed E-state index contributed by atoms with van der Waals surface area (Å²) in [7, 11) is 0. The van der Waals surface area contributed by atoms with E-state index in [0.717, 1.165) is 24.6 Å². The summed E-state index contributed by atoms with van der Waals surface area (Å²) in [6.45, 7) is 0. The van der Waals surface area contributed by atoms with Crippen molar-refractivity contribution in [2.24, 2.45) is 0 Å². The fraction of sp³-hybridized carbons (Fsp3) is 0.364. The van der Waals surface area contributed by atoms with E-state index in [-0.39, 0.29) is 23.2 Å². The zero-order chi connectivity index (χ0) is 15.0. The number of hydrogen-bond donors (Lipinski definition) is 3. The third kappa shape index (κ3) is 2.61. The van der Waals surface area contributed by atoms with Crippen LogP contribution in [0.5, 0.6) is 0 Å². The lowest BCUT2D eigenvalue weighted by Crippen LogP contribution is -2.36. The third-order valence-corrected chi connectivity index (χ3v) is 3.98. The Morgan fingerprint density at radius 2 is 2.24 bits per heavy atom. The minimum atomic E-state index is -0.752. The zero-order valence-electron chi connectivity index (χ0n) is 10.8. The van der Waals surface area contributed by atoms with Crippen LogP contribution in [0.4, 0.5) is 5.82 Å². The van der Waals surface area contributed by atoms with Gasteiger partial charge >= 0.3 is 5.69 Å². The van der Waals surface area contributed by atoms with Gasteiger partial charge in [0.1, 0.15) is 17.7 Å². The number of nitrogen functional groups attached to an aromatic ring is 1. The molecule has 1 fully saturated rings. The molecule has 0 aromatic carbocycles. The molecule has 0 spiro atoms. The maximum atomic E-state index is 12.2. The zero-order valence-corrected chi connectivity index (χ0v) is 11.6. The molecule has 1 aliphatic rings. The molecule has 10 heteroatoms. The van der Waals surface area contributed by atoms with Crippen molar-refractivity contribution in [3.63, 3.8) is 0 Å². The average molecular weight is 308 g/mol. The van der Waals surface area contributed by atoms with Crippen LogP contribution in [-0.2, 0) is 0 Å². The molecular formula is C11H12N6O3S. The first-order chi connectivity index (χ1) is 10.1. The largest absolute Gasteiger partial charge is 0.384 e. The summed E-state index contributed by atoms with van der Waals surface area (Å²) in [4.78, 5) is 41.8. The van der Waals surface area contributed by atoms with Gasteiger partial charge in [0.05, 0.1) is 5.75 Å². The molecule has 1 aliphatic carbocycles. The average Bonchev–Trinajstić information content (AvgIpc) is 3.11. The van der Waals surface area contributed by atoms with Crippen molar-refractivity contribution in [1.29, 1.82) is 0 Å². The number of anilines is 1. The Balaban J connectivity index is 1.90. The van der Waals surface area contributed by atoms with E-state index < -0.39 is 17.0 Å². The van der Waals surface area contributed by atoms with Gasteiger partial charge in [0, 0.05) is 6.04 Å². The monoisotopic (exact) mass is 308 g/mol. The molecular weight excluding hydrogens is 296 g/mol. The quantitative estimate of drug-likeness (QED) is 0.502. The van der Waals surface area contributed by atoms with Crippen molar-refractivity contribution in [3.05, 3.63) is 32.7 Å². The number of nitrogens with two attached hydrogens (primary N) is 1.